The van der Waals surface area contributed by atoms with Crippen LogP contribution in [0.5, 0.6) is 17.2 Å². The highest BCUT2D eigenvalue weighted by Crippen LogP contribution is 2.39. The van der Waals surface area contributed by atoms with Crippen molar-refractivity contribution in [3.8, 4) is 17.2 Å². The summed E-state index contributed by atoms with van der Waals surface area (Å²) in [5, 5.41) is 11.5. The Hall–Kier alpha value is -4.22. The lowest BCUT2D eigenvalue weighted by Gasteiger charge is -2.14. The van der Waals surface area contributed by atoms with Gasteiger partial charge in [0.2, 0.25) is 5.75 Å². The number of thiocarbonyl (C=S) groups is 1. The molecule has 9 nitrogen and oxygen atoms in total. The third kappa shape index (κ3) is 5.07. The van der Waals surface area contributed by atoms with Crippen LogP contribution in [0.3, 0.4) is 0 Å². The molecule has 0 radical (unpaired) electrons. The number of methoxy groups -OCH3 is 2. The van der Waals surface area contributed by atoms with Gasteiger partial charge >= 0.3 is 11.7 Å². The number of ether oxygens (including phenoxy) is 3. The van der Waals surface area contributed by atoms with E-state index in [2.05, 4.69) is 4.74 Å². The molecule has 0 aromatic heterocycles. The van der Waals surface area contributed by atoms with E-state index in [1.807, 2.05) is 18.2 Å². The van der Waals surface area contributed by atoms with Gasteiger partial charge in [-0.3, -0.25) is 19.8 Å². The second-order valence-corrected chi connectivity index (χ2v) is 8.97. The highest BCUT2D eigenvalue weighted by molar-refractivity contribution is 8.27. The number of hydrogen-bond acceptors (Lipinski definition) is 9. The van der Waals surface area contributed by atoms with Crippen molar-refractivity contribution >= 4 is 57.6 Å². The molecule has 1 amide bonds. The van der Waals surface area contributed by atoms with Gasteiger partial charge in [-0.15, -0.1) is 0 Å². The maximum absolute atomic E-state index is 13.0. The van der Waals surface area contributed by atoms with E-state index in [1.165, 1.54) is 43.0 Å². The fourth-order valence-electron chi connectivity index (χ4n) is 3.39. The van der Waals surface area contributed by atoms with Gasteiger partial charge in [0.25, 0.3) is 5.91 Å². The molecule has 1 aliphatic rings. The average Bonchev–Trinajstić information content (AvgIpc) is 3.17. The zero-order valence-corrected chi connectivity index (χ0v) is 20.6. The number of benzene rings is 3. The molecular formula is C25H18N2O7S2. The van der Waals surface area contributed by atoms with Gasteiger partial charge in [-0.1, -0.05) is 48.2 Å². The largest absolute Gasteiger partial charge is 0.493 e. The van der Waals surface area contributed by atoms with Crippen LogP contribution in [-0.2, 0) is 9.53 Å². The van der Waals surface area contributed by atoms with E-state index in [4.69, 9.17) is 21.7 Å². The van der Waals surface area contributed by atoms with E-state index in [9.17, 15) is 19.7 Å². The molecule has 1 saturated heterocycles. The number of carbonyl (C=O) groups excluding carboxylic acids is 2. The number of amides is 1. The molecule has 4 rings (SSSR count). The van der Waals surface area contributed by atoms with Crippen molar-refractivity contribution in [3.05, 3.63) is 92.9 Å². The second-order valence-electron chi connectivity index (χ2n) is 7.30. The average molecular weight is 523 g/mol. The number of thioether (sulfide) groups is 1. The quantitative estimate of drug-likeness (QED) is 0.129. The maximum Gasteiger partial charge on any atom is 0.338 e. The van der Waals surface area contributed by atoms with E-state index in [0.717, 1.165) is 6.07 Å². The standard InChI is InChI=1S/C25H18N2O7S2/c1-32-21-12-15(13-22-23(28)26(25(35)36-22)17-6-4-3-5-7-17)8-10-20(21)34-19-11-9-16(24(29)33-2)14-18(19)27(30)31/h3-14H,1-2H3/b22-13+. The maximum atomic E-state index is 13.0. The fraction of sp³-hybridized carbons (Fsp3) is 0.0800. The number of hydrogen-bond donors (Lipinski definition) is 0. The summed E-state index contributed by atoms with van der Waals surface area (Å²) < 4.78 is 16.2. The van der Waals surface area contributed by atoms with Gasteiger partial charge in [0.05, 0.1) is 35.3 Å². The summed E-state index contributed by atoms with van der Waals surface area (Å²) in [5.74, 6) is -0.530. The van der Waals surface area contributed by atoms with Crippen LogP contribution in [0.2, 0.25) is 0 Å². The zero-order valence-electron chi connectivity index (χ0n) is 19.0. The van der Waals surface area contributed by atoms with Crippen molar-refractivity contribution in [3.63, 3.8) is 0 Å². The Morgan fingerprint density at radius 2 is 1.75 bits per heavy atom. The Balaban J connectivity index is 1.61. The molecule has 0 spiro atoms. The minimum absolute atomic E-state index is 0.0201. The van der Waals surface area contributed by atoms with Crippen LogP contribution < -0.4 is 14.4 Å². The van der Waals surface area contributed by atoms with Gasteiger partial charge in [-0.2, -0.15) is 0 Å². The lowest BCUT2D eigenvalue weighted by atomic mass is 10.1. The smallest absolute Gasteiger partial charge is 0.338 e. The lowest BCUT2D eigenvalue weighted by Crippen LogP contribution is -2.27. The highest BCUT2D eigenvalue weighted by Gasteiger charge is 2.33. The molecule has 0 saturated carbocycles. The molecule has 182 valence electrons. The van der Waals surface area contributed by atoms with Gasteiger partial charge in [0.15, 0.2) is 15.8 Å². The summed E-state index contributed by atoms with van der Waals surface area (Å²) in [5.41, 5.74) is 0.938. The van der Waals surface area contributed by atoms with Gasteiger partial charge in [0.1, 0.15) is 0 Å². The Bertz CT molecular complexity index is 1410. The topological polar surface area (TPSA) is 108 Å². The first kappa shape index (κ1) is 24.9. The number of para-hydroxylation sites is 1. The Morgan fingerprint density at radius 3 is 2.42 bits per heavy atom. The molecule has 1 heterocycles. The SMILES string of the molecule is COC(=O)c1ccc(Oc2ccc(/C=C3/SC(=S)N(c4ccccc4)C3=O)cc2OC)c([N+](=O)[O-])c1. The number of rotatable bonds is 7. The normalized spacial score (nSPS) is 14.2. The first-order chi connectivity index (χ1) is 17.3. The van der Waals surface area contributed by atoms with Crippen molar-refractivity contribution in [2.75, 3.05) is 19.1 Å². The molecule has 0 N–H and O–H groups in total. The minimum atomic E-state index is -0.704. The number of anilines is 1. The van der Waals surface area contributed by atoms with Crippen LogP contribution in [0.1, 0.15) is 15.9 Å². The third-order valence-electron chi connectivity index (χ3n) is 5.09. The zero-order chi connectivity index (χ0) is 25.8. The molecule has 0 atom stereocenters. The van der Waals surface area contributed by atoms with Crippen molar-refractivity contribution < 1.29 is 28.7 Å². The van der Waals surface area contributed by atoms with Crippen LogP contribution in [0, 0.1) is 10.1 Å². The van der Waals surface area contributed by atoms with Gasteiger partial charge in [-0.25, -0.2) is 4.79 Å². The number of carbonyl (C=O) groups is 2. The summed E-state index contributed by atoms with van der Waals surface area (Å²) in [7, 11) is 2.61. The van der Waals surface area contributed by atoms with Crippen LogP contribution >= 0.6 is 24.0 Å². The van der Waals surface area contributed by atoms with Crippen molar-refractivity contribution in [2.24, 2.45) is 0 Å². The van der Waals surface area contributed by atoms with E-state index in [-0.39, 0.29) is 28.7 Å². The third-order valence-corrected chi connectivity index (χ3v) is 6.39. The monoisotopic (exact) mass is 522 g/mol. The number of nitro benzene ring substituents is 1. The molecule has 0 aliphatic carbocycles. The van der Waals surface area contributed by atoms with E-state index in [1.54, 1.807) is 36.4 Å². The molecule has 0 bridgehead atoms. The number of nitrogens with zero attached hydrogens (tertiary/aromatic N) is 2. The Kier molecular flexibility index (Phi) is 7.32. The summed E-state index contributed by atoms with van der Waals surface area (Å²) in [6.45, 7) is 0. The van der Waals surface area contributed by atoms with Crippen molar-refractivity contribution in [1.29, 1.82) is 0 Å². The summed E-state index contributed by atoms with van der Waals surface area (Å²) >= 11 is 6.59. The van der Waals surface area contributed by atoms with Gasteiger partial charge in [-0.05, 0) is 48.0 Å². The van der Waals surface area contributed by atoms with Crippen LogP contribution in [0.4, 0.5) is 11.4 Å². The number of esters is 1. The van der Waals surface area contributed by atoms with Crippen molar-refractivity contribution in [2.45, 2.75) is 0 Å². The summed E-state index contributed by atoms with van der Waals surface area (Å²) in [4.78, 5) is 37.5. The van der Waals surface area contributed by atoms with E-state index < -0.39 is 16.6 Å². The highest BCUT2D eigenvalue weighted by atomic mass is 32.2. The molecule has 1 fully saturated rings. The summed E-state index contributed by atoms with van der Waals surface area (Å²) in [6.07, 6.45) is 1.68. The molecule has 0 unspecified atom stereocenters. The Morgan fingerprint density at radius 1 is 1.03 bits per heavy atom. The fourth-order valence-corrected chi connectivity index (χ4v) is 4.69. The first-order valence-electron chi connectivity index (χ1n) is 10.4. The molecular weight excluding hydrogens is 504 g/mol. The van der Waals surface area contributed by atoms with Crippen molar-refractivity contribution in [1.82, 2.24) is 0 Å². The molecule has 3 aromatic rings. The number of nitro groups is 1. The van der Waals surface area contributed by atoms with E-state index in [0.29, 0.717) is 20.5 Å². The molecule has 1 aliphatic heterocycles. The molecule has 3 aromatic carbocycles. The van der Waals surface area contributed by atoms with E-state index >= 15 is 0 Å². The van der Waals surface area contributed by atoms with Crippen LogP contribution in [0.25, 0.3) is 6.08 Å². The second kappa shape index (κ2) is 10.6. The van der Waals surface area contributed by atoms with Gasteiger partial charge in [0, 0.05) is 6.07 Å². The van der Waals surface area contributed by atoms with Gasteiger partial charge < -0.3 is 14.2 Å². The van der Waals surface area contributed by atoms with Crippen LogP contribution in [-0.4, -0.2) is 35.3 Å². The first-order valence-corrected chi connectivity index (χ1v) is 11.6. The minimum Gasteiger partial charge on any atom is -0.493 e. The van der Waals surface area contributed by atoms with Crippen LogP contribution in [0.15, 0.2) is 71.6 Å². The molecule has 36 heavy (non-hydrogen) atoms. The lowest BCUT2D eigenvalue weighted by molar-refractivity contribution is -0.385. The predicted octanol–water partition coefficient (Wildman–Crippen LogP) is 5.59. The Labute approximate surface area is 215 Å². The molecule has 11 heteroatoms. The summed E-state index contributed by atoms with van der Waals surface area (Å²) in [6, 6.07) is 17.8. The predicted molar refractivity (Wildman–Crippen MR) is 140 cm³/mol.